The fourth-order valence-electron chi connectivity index (χ4n) is 2.59. The highest BCUT2D eigenvalue weighted by Crippen LogP contribution is 2.30. The number of fused-ring (bicyclic) bond motifs is 1. The van der Waals surface area contributed by atoms with E-state index >= 15 is 0 Å². The lowest BCUT2D eigenvalue weighted by atomic mass is 9.98. The number of allylic oxidation sites excluding steroid dienone is 1. The molecule has 1 aromatic rings. The highest BCUT2D eigenvalue weighted by Gasteiger charge is 2.09. The summed E-state index contributed by atoms with van der Waals surface area (Å²) < 4.78 is 11.4. The topological polar surface area (TPSA) is 18.5 Å². The van der Waals surface area contributed by atoms with Gasteiger partial charge < -0.3 is 9.47 Å². The molecule has 0 spiro atoms. The zero-order valence-electron chi connectivity index (χ0n) is 14.1. The molecule has 1 aliphatic rings. The van der Waals surface area contributed by atoms with Crippen molar-refractivity contribution in [1.29, 1.82) is 0 Å². The Morgan fingerprint density at radius 2 is 1.91 bits per heavy atom. The van der Waals surface area contributed by atoms with Crippen LogP contribution in [0.15, 0.2) is 36.6 Å². The molecule has 0 N–H and O–H groups in total. The van der Waals surface area contributed by atoms with E-state index in [2.05, 4.69) is 27.4 Å². The van der Waals surface area contributed by atoms with Gasteiger partial charge in [0, 0.05) is 5.56 Å². The maximum absolute atomic E-state index is 5.89. The van der Waals surface area contributed by atoms with Crippen LogP contribution in [-0.4, -0.2) is 6.61 Å². The Labute approximate surface area is 134 Å². The van der Waals surface area contributed by atoms with Crippen LogP contribution in [0.25, 0.3) is 6.08 Å². The van der Waals surface area contributed by atoms with Crippen molar-refractivity contribution in [3.05, 3.63) is 42.2 Å². The summed E-state index contributed by atoms with van der Waals surface area (Å²) in [5, 5.41) is 0. The molecule has 1 heterocycles. The van der Waals surface area contributed by atoms with E-state index in [9.17, 15) is 0 Å². The molecule has 0 aromatic heterocycles. The van der Waals surface area contributed by atoms with Crippen molar-refractivity contribution in [1.82, 2.24) is 0 Å². The second-order valence-electron chi connectivity index (χ2n) is 6.67. The van der Waals surface area contributed by atoms with Crippen molar-refractivity contribution >= 4 is 6.08 Å². The van der Waals surface area contributed by atoms with Crippen LogP contribution in [0.3, 0.4) is 0 Å². The van der Waals surface area contributed by atoms with E-state index in [1.165, 1.54) is 19.3 Å². The lowest BCUT2D eigenvalue weighted by Crippen LogP contribution is -2.05. The van der Waals surface area contributed by atoms with Crippen LogP contribution in [0.4, 0.5) is 0 Å². The quantitative estimate of drug-likeness (QED) is 0.600. The summed E-state index contributed by atoms with van der Waals surface area (Å²) >= 11 is 0. The van der Waals surface area contributed by atoms with Gasteiger partial charge in [0.25, 0.3) is 0 Å². The lowest BCUT2D eigenvalue weighted by molar-refractivity contribution is 0.275. The molecule has 22 heavy (non-hydrogen) atoms. The van der Waals surface area contributed by atoms with E-state index < -0.39 is 0 Å². The largest absolute Gasteiger partial charge is 0.494 e. The first-order valence-electron chi connectivity index (χ1n) is 8.36. The average molecular weight is 300 g/mol. The van der Waals surface area contributed by atoms with E-state index in [1.54, 1.807) is 0 Å². The van der Waals surface area contributed by atoms with Crippen molar-refractivity contribution in [3.63, 3.8) is 0 Å². The highest BCUT2D eigenvalue weighted by atomic mass is 16.5. The van der Waals surface area contributed by atoms with Gasteiger partial charge in [-0.15, -0.1) is 0 Å². The number of benzene rings is 1. The Morgan fingerprint density at radius 1 is 1.09 bits per heavy atom. The van der Waals surface area contributed by atoms with Gasteiger partial charge in [0.05, 0.1) is 6.61 Å². The SMILES string of the molecule is C=C1C=Cc2cc(OCCC(C)CCCC(C)C)ccc2O1. The Hall–Kier alpha value is -1.70. The van der Waals surface area contributed by atoms with Crippen LogP contribution < -0.4 is 9.47 Å². The van der Waals surface area contributed by atoms with E-state index in [1.807, 2.05) is 30.4 Å². The molecule has 0 saturated carbocycles. The summed E-state index contributed by atoms with van der Waals surface area (Å²) in [4.78, 5) is 0. The minimum Gasteiger partial charge on any atom is -0.494 e. The van der Waals surface area contributed by atoms with Crippen LogP contribution in [-0.2, 0) is 0 Å². The van der Waals surface area contributed by atoms with E-state index in [4.69, 9.17) is 9.47 Å². The van der Waals surface area contributed by atoms with Crippen LogP contribution in [0.2, 0.25) is 0 Å². The first-order valence-corrected chi connectivity index (χ1v) is 8.36. The molecule has 2 rings (SSSR count). The fraction of sp³-hybridized carbons (Fsp3) is 0.500. The Balaban J connectivity index is 1.74. The molecule has 1 aliphatic heterocycles. The van der Waals surface area contributed by atoms with Gasteiger partial charge in [-0.2, -0.15) is 0 Å². The van der Waals surface area contributed by atoms with Gasteiger partial charge in [0.2, 0.25) is 0 Å². The molecule has 0 bridgehead atoms. The van der Waals surface area contributed by atoms with Crippen LogP contribution in [0, 0.1) is 11.8 Å². The molecule has 1 atom stereocenters. The van der Waals surface area contributed by atoms with Crippen LogP contribution in [0.5, 0.6) is 11.5 Å². The number of hydrogen-bond donors (Lipinski definition) is 0. The first-order chi connectivity index (χ1) is 10.5. The monoisotopic (exact) mass is 300 g/mol. The average Bonchev–Trinajstić information content (AvgIpc) is 2.47. The van der Waals surface area contributed by atoms with Crippen LogP contribution in [0.1, 0.15) is 52.0 Å². The second-order valence-corrected chi connectivity index (χ2v) is 6.67. The number of ether oxygens (including phenoxy) is 2. The maximum Gasteiger partial charge on any atom is 0.134 e. The Kier molecular flexibility index (Phi) is 6.11. The summed E-state index contributed by atoms with van der Waals surface area (Å²) in [5.74, 6) is 3.97. The molecule has 2 heteroatoms. The van der Waals surface area contributed by atoms with Crippen LogP contribution >= 0.6 is 0 Å². The third-order valence-electron chi connectivity index (χ3n) is 4.03. The minimum absolute atomic E-state index is 0.677. The molecule has 0 amide bonds. The lowest BCUT2D eigenvalue weighted by Gasteiger charge is -2.16. The van der Waals surface area contributed by atoms with E-state index in [0.29, 0.717) is 5.76 Å². The van der Waals surface area contributed by atoms with Crippen molar-refractivity contribution in [2.24, 2.45) is 11.8 Å². The maximum atomic E-state index is 5.89. The minimum atomic E-state index is 0.677. The van der Waals surface area contributed by atoms with Gasteiger partial charge >= 0.3 is 0 Å². The first kappa shape index (κ1) is 16.7. The molecule has 1 aromatic carbocycles. The van der Waals surface area contributed by atoms with E-state index in [0.717, 1.165) is 41.9 Å². The van der Waals surface area contributed by atoms with Gasteiger partial charge in [0.15, 0.2) is 0 Å². The van der Waals surface area contributed by atoms with E-state index in [-0.39, 0.29) is 0 Å². The Bertz CT molecular complexity index is 529. The van der Waals surface area contributed by atoms with Gasteiger partial charge in [-0.3, -0.25) is 0 Å². The molecule has 2 nitrogen and oxygen atoms in total. The molecule has 0 aliphatic carbocycles. The molecule has 120 valence electrons. The Morgan fingerprint density at radius 3 is 2.68 bits per heavy atom. The summed E-state index contributed by atoms with van der Waals surface area (Å²) in [7, 11) is 0. The predicted octanol–water partition coefficient (Wildman–Crippen LogP) is 5.84. The van der Waals surface area contributed by atoms with Crippen molar-refractivity contribution in [2.75, 3.05) is 6.61 Å². The van der Waals surface area contributed by atoms with Gasteiger partial charge in [0.1, 0.15) is 17.3 Å². The fourth-order valence-corrected chi connectivity index (χ4v) is 2.59. The second kappa shape index (κ2) is 8.07. The molecule has 0 saturated heterocycles. The molecular formula is C20H28O2. The smallest absolute Gasteiger partial charge is 0.134 e. The standard InChI is InChI=1S/C20H28O2/c1-15(2)6-5-7-16(3)12-13-21-19-10-11-20-18(14-19)9-8-17(4)22-20/h8-11,14-16H,4-7,12-13H2,1-3H3. The predicted molar refractivity (Wildman–Crippen MR) is 93.2 cm³/mol. The van der Waals surface area contributed by atoms with Gasteiger partial charge in [-0.25, -0.2) is 0 Å². The number of hydrogen-bond acceptors (Lipinski definition) is 2. The zero-order valence-corrected chi connectivity index (χ0v) is 14.1. The van der Waals surface area contributed by atoms with Gasteiger partial charge in [-0.1, -0.05) is 46.6 Å². The summed E-state index contributed by atoms with van der Waals surface area (Å²) in [6, 6.07) is 5.95. The normalized spacial score (nSPS) is 14.6. The molecule has 0 fully saturated rings. The summed E-state index contributed by atoms with van der Waals surface area (Å²) in [6.45, 7) is 11.5. The van der Waals surface area contributed by atoms with Crippen molar-refractivity contribution in [2.45, 2.75) is 46.5 Å². The molecular weight excluding hydrogens is 272 g/mol. The third-order valence-corrected chi connectivity index (χ3v) is 4.03. The third kappa shape index (κ3) is 5.25. The highest BCUT2D eigenvalue weighted by molar-refractivity contribution is 5.64. The van der Waals surface area contributed by atoms with Crippen molar-refractivity contribution < 1.29 is 9.47 Å². The van der Waals surface area contributed by atoms with Crippen molar-refractivity contribution in [3.8, 4) is 11.5 Å². The number of rotatable bonds is 8. The molecule has 0 radical (unpaired) electrons. The summed E-state index contributed by atoms with van der Waals surface area (Å²) in [5.41, 5.74) is 1.05. The zero-order chi connectivity index (χ0) is 15.9. The molecule has 1 unspecified atom stereocenters. The van der Waals surface area contributed by atoms with Gasteiger partial charge in [-0.05, 0) is 48.6 Å². The summed E-state index contributed by atoms with van der Waals surface area (Å²) in [6.07, 6.45) is 8.95.